The summed E-state index contributed by atoms with van der Waals surface area (Å²) in [5.41, 5.74) is 3.78. The van der Waals surface area contributed by atoms with Crippen LogP contribution < -0.4 is 5.01 Å². The van der Waals surface area contributed by atoms with Crippen molar-refractivity contribution >= 4 is 66.1 Å². The Bertz CT molecular complexity index is 1410. The molecule has 162 valence electrons. The third-order valence-corrected chi connectivity index (χ3v) is 7.30. The number of aromatic nitrogens is 1. The number of amides is 1. The van der Waals surface area contributed by atoms with E-state index < -0.39 is 0 Å². The molecular formula is C26H18BrN3OS2. The highest BCUT2D eigenvalue weighted by atomic mass is 79.9. The Morgan fingerprint density at radius 2 is 1.76 bits per heavy atom. The summed E-state index contributed by atoms with van der Waals surface area (Å²) in [5.74, 6) is -0.216. The quantitative estimate of drug-likeness (QED) is 0.169. The van der Waals surface area contributed by atoms with E-state index in [1.54, 1.807) is 17.6 Å². The lowest BCUT2D eigenvalue weighted by atomic mass is 10.0. The first-order valence-corrected chi connectivity index (χ1v) is 12.8. The van der Waals surface area contributed by atoms with Crippen molar-refractivity contribution in [3.8, 4) is 0 Å². The number of hydrogen-bond acceptors (Lipinski definition) is 5. The molecule has 0 saturated carbocycles. The fourth-order valence-corrected chi connectivity index (χ4v) is 5.42. The highest BCUT2D eigenvalue weighted by molar-refractivity contribution is 9.10. The molecule has 5 aromatic rings. The van der Waals surface area contributed by atoms with E-state index in [2.05, 4.69) is 38.1 Å². The van der Waals surface area contributed by atoms with E-state index in [0.717, 1.165) is 31.6 Å². The van der Waals surface area contributed by atoms with Crippen LogP contribution in [-0.4, -0.2) is 17.1 Å². The predicted octanol–water partition coefficient (Wildman–Crippen LogP) is 7.39. The Labute approximate surface area is 208 Å². The van der Waals surface area contributed by atoms with Gasteiger partial charge in [-0.1, -0.05) is 75.8 Å². The average molecular weight is 532 g/mol. The number of hydrazone groups is 1. The molecule has 2 aromatic heterocycles. The molecule has 0 aliphatic carbocycles. The molecule has 0 spiro atoms. The molecule has 0 aliphatic heterocycles. The van der Waals surface area contributed by atoms with Crippen LogP contribution in [0.15, 0.2) is 99.9 Å². The van der Waals surface area contributed by atoms with E-state index in [9.17, 15) is 4.79 Å². The zero-order chi connectivity index (χ0) is 22.6. The number of thiazole rings is 1. The molecule has 5 rings (SSSR count). The molecule has 0 unspecified atom stereocenters. The molecule has 7 heteroatoms. The van der Waals surface area contributed by atoms with Gasteiger partial charge in [-0.25, -0.2) is 4.98 Å². The van der Waals surface area contributed by atoms with Crippen LogP contribution >= 0.6 is 38.6 Å². The van der Waals surface area contributed by atoms with Crippen LogP contribution in [0.2, 0.25) is 0 Å². The Morgan fingerprint density at radius 3 is 2.52 bits per heavy atom. The van der Waals surface area contributed by atoms with Crippen molar-refractivity contribution in [2.45, 2.75) is 6.42 Å². The first kappa shape index (κ1) is 21.7. The van der Waals surface area contributed by atoms with Crippen molar-refractivity contribution in [2.75, 3.05) is 5.01 Å². The van der Waals surface area contributed by atoms with E-state index in [0.29, 0.717) is 10.7 Å². The van der Waals surface area contributed by atoms with E-state index in [-0.39, 0.29) is 5.91 Å². The number of hydrogen-bond donors (Lipinski definition) is 0. The fourth-order valence-electron chi connectivity index (χ4n) is 3.36. The molecule has 0 atom stereocenters. The molecular weight excluding hydrogens is 514 g/mol. The van der Waals surface area contributed by atoms with Crippen molar-refractivity contribution in [2.24, 2.45) is 5.10 Å². The van der Waals surface area contributed by atoms with Crippen molar-refractivity contribution in [1.82, 2.24) is 4.98 Å². The highest BCUT2D eigenvalue weighted by Gasteiger charge is 2.21. The second kappa shape index (κ2) is 9.79. The normalized spacial score (nSPS) is 11.3. The number of nitrogens with zero attached hydrogens (tertiary/aromatic N) is 3. The van der Waals surface area contributed by atoms with Gasteiger partial charge >= 0.3 is 0 Å². The second-order valence-electron chi connectivity index (χ2n) is 7.34. The van der Waals surface area contributed by atoms with Gasteiger partial charge < -0.3 is 0 Å². The Balaban J connectivity index is 1.45. The molecule has 2 heterocycles. The smallest absolute Gasteiger partial charge is 0.267 e. The van der Waals surface area contributed by atoms with Crippen molar-refractivity contribution in [3.63, 3.8) is 0 Å². The molecule has 0 aliphatic rings. The van der Waals surface area contributed by atoms with E-state index in [1.165, 1.54) is 21.9 Å². The van der Waals surface area contributed by atoms with Crippen LogP contribution in [0, 0.1) is 0 Å². The molecule has 0 saturated heterocycles. The summed E-state index contributed by atoms with van der Waals surface area (Å²) in [6.07, 6.45) is 2.52. The summed E-state index contributed by atoms with van der Waals surface area (Å²) in [6.45, 7) is 0. The number of carbonyl (C=O) groups is 1. The second-order valence-corrected chi connectivity index (χ2v) is 10.2. The topological polar surface area (TPSA) is 45.6 Å². The van der Waals surface area contributed by atoms with Gasteiger partial charge in [0.15, 0.2) is 0 Å². The van der Waals surface area contributed by atoms with Crippen molar-refractivity contribution in [3.05, 3.63) is 116 Å². The predicted molar refractivity (Wildman–Crippen MR) is 142 cm³/mol. The summed E-state index contributed by atoms with van der Waals surface area (Å²) in [4.78, 5) is 19.1. The maximum atomic E-state index is 13.5. The van der Waals surface area contributed by atoms with Crippen LogP contribution in [0.25, 0.3) is 10.2 Å². The van der Waals surface area contributed by atoms with Gasteiger partial charge in [0, 0.05) is 14.9 Å². The number of carbonyl (C=O) groups excluding carboxylic acids is 1. The lowest BCUT2D eigenvalue weighted by molar-refractivity contribution is 0.0988. The summed E-state index contributed by atoms with van der Waals surface area (Å²) < 4.78 is 1.96. The number of anilines is 1. The van der Waals surface area contributed by atoms with Crippen LogP contribution in [0.5, 0.6) is 0 Å². The first-order valence-electron chi connectivity index (χ1n) is 10.3. The molecule has 0 N–H and O–H groups in total. The summed E-state index contributed by atoms with van der Waals surface area (Å²) in [7, 11) is 0. The number of rotatable bonds is 6. The maximum Gasteiger partial charge on any atom is 0.280 e. The van der Waals surface area contributed by atoms with Crippen molar-refractivity contribution < 1.29 is 4.79 Å². The minimum atomic E-state index is -0.216. The first-order chi connectivity index (χ1) is 16.2. The third-order valence-electron chi connectivity index (χ3n) is 5.01. The van der Waals surface area contributed by atoms with Crippen LogP contribution in [0.3, 0.4) is 0 Å². The van der Waals surface area contributed by atoms with Gasteiger partial charge in [0.2, 0.25) is 5.13 Å². The summed E-state index contributed by atoms with van der Waals surface area (Å²) in [5, 5.41) is 8.44. The van der Waals surface area contributed by atoms with Gasteiger partial charge in [-0.15, -0.1) is 11.3 Å². The third kappa shape index (κ3) is 5.11. The van der Waals surface area contributed by atoms with Crippen LogP contribution in [-0.2, 0) is 6.42 Å². The van der Waals surface area contributed by atoms with Crippen LogP contribution in [0.1, 0.15) is 26.4 Å². The number of fused-ring (bicyclic) bond motifs is 1. The van der Waals surface area contributed by atoms with E-state index in [1.807, 2.05) is 78.2 Å². The summed E-state index contributed by atoms with van der Waals surface area (Å²) >= 11 is 6.51. The zero-order valence-corrected chi connectivity index (χ0v) is 20.6. The van der Waals surface area contributed by atoms with Crippen LogP contribution in [0.4, 0.5) is 5.13 Å². The van der Waals surface area contributed by atoms with Crippen molar-refractivity contribution in [1.29, 1.82) is 0 Å². The van der Waals surface area contributed by atoms with E-state index in [4.69, 9.17) is 0 Å². The molecule has 1 amide bonds. The van der Waals surface area contributed by atoms with Gasteiger partial charge in [0.05, 0.1) is 16.4 Å². The fraction of sp³-hybridized carbons (Fsp3) is 0.0385. The largest absolute Gasteiger partial charge is 0.280 e. The molecule has 33 heavy (non-hydrogen) atoms. The molecule has 0 radical (unpaired) electrons. The van der Waals surface area contributed by atoms with Gasteiger partial charge in [-0.3, -0.25) is 4.79 Å². The standard InChI is InChI=1S/C26H18BrN3OS2/c27-21-12-13-23-24(16-21)33-26(29-23)30(28-17-22-7-4-14-32-22)25(31)20-10-8-19(9-11-20)15-18-5-2-1-3-6-18/h1-14,16-17H,15H2/b28-17+. The number of halogens is 1. The Hall–Kier alpha value is -3.13. The lowest BCUT2D eigenvalue weighted by Gasteiger charge is -2.14. The molecule has 0 bridgehead atoms. The monoisotopic (exact) mass is 531 g/mol. The number of benzene rings is 3. The molecule has 4 nitrogen and oxygen atoms in total. The Morgan fingerprint density at radius 1 is 0.970 bits per heavy atom. The molecule has 0 fully saturated rings. The number of thiophene rings is 1. The minimum Gasteiger partial charge on any atom is -0.267 e. The van der Waals surface area contributed by atoms with Gasteiger partial charge in [0.25, 0.3) is 5.91 Å². The Kier molecular flexibility index (Phi) is 6.44. The summed E-state index contributed by atoms with van der Waals surface area (Å²) in [6, 6.07) is 27.8. The minimum absolute atomic E-state index is 0.216. The SMILES string of the molecule is O=C(c1ccc(Cc2ccccc2)cc1)N(/N=C/c1cccs1)c1nc2ccc(Br)cc2s1. The highest BCUT2D eigenvalue weighted by Crippen LogP contribution is 2.32. The average Bonchev–Trinajstić information content (AvgIpc) is 3.50. The van der Waals surface area contributed by atoms with Gasteiger partial charge in [-0.05, 0) is 59.3 Å². The maximum absolute atomic E-state index is 13.5. The lowest BCUT2D eigenvalue weighted by Crippen LogP contribution is -2.25. The zero-order valence-electron chi connectivity index (χ0n) is 17.4. The van der Waals surface area contributed by atoms with E-state index >= 15 is 0 Å². The molecule has 3 aromatic carbocycles. The van der Waals surface area contributed by atoms with Gasteiger partial charge in [0.1, 0.15) is 0 Å². The van der Waals surface area contributed by atoms with Gasteiger partial charge in [-0.2, -0.15) is 10.1 Å².